The molecule has 1 spiro atoms. The first-order valence-corrected chi connectivity index (χ1v) is 7.74. The zero-order valence-corrected chi connectivity index (χ0v) is 12.1. The molecule has 1 aromatic rings. The van der Waals surface area contributed by atoms with E-state index in [1.54, 1.807) is 0 Å². The number of carbonyl (C=O) groups excluding carboxylic acids is 1. The molecule has 4 aliphatic rings. The molecule has 0 aromatic heterocycles. The fraction of sp³-hybridized carbons (Fsp3) is 0.588. The second-order valence-corrected chi connectivity index (χ2v) is 7.02. The number of ketones is 1. The van der Waals surface area contributed by atoms with Gasteiger partial charge in [-0.25, -0.2) is 0 Å². The molecule has 1 aromatic carbocycles. The van der Waals surface area contributed by atoms with Crippen molar-refractivity contribution >= 4 is 5.78 Å². The molecule has 0 amide bonds. The van der Waals surface area contributed by atoms with Gasteiger partial charge < -0.3 is 14.7 Å². The highest BCUT2D eigenvalue weighted by atomic mass is 16.5. The van der Waals surface area contributed by atoms with E-state index in [0.717, 1.165) is 24.9 Å². The number of benzene rings is 1. The van der Waals surface area contributed by atoms with Gasteiger partial charge >= 0.3 is 0 Å². The number of aliphatic hydroxyl groups is 1. The summed E-state index contributed by atoms with van der Waals surface area (Å²) in [7, 11) is 2.08. The first kappa shape index (κ1) is 12.2. The van der Waals surface area contributed by atoms with E-state index in [9.17, 15) is 9.90 Å². The second-order valence-electron chi connectivity index (χ2n) is 7.02. The zero-order chi connectivity index (χ0) is 14.4. The molecule has 2 aliphatic heterocycles. The standard InChI is InChI=1S/C17H18NO3/c1-18-8-7-16-14-10-3-2-4-12(14)21-15(16)11(19)5-6-17(16,20)13(18)9-10/h2-3,13,15,20H,5-9H2,1H3/t13-,15+,16+,17-/m1/s1. The molecule has 4 nitrogen and oxygen atoms in total. The van der Waals surface area contributed by atoms with E-state index in [4.69, 9.17) is 4.74 Å². The third-order valence-corrected chi connectivity index (χ3v) is 6.35. The van der Waals surface area contributed by atoms with Gasteiger partial charge in [-0.2, -0.15) is 0 Å². The molecule has 4 atom stereocenters. The Bertz CT molecular complexity index is 672. The highest BCUT2D eigenvalue weighted by Gasteiger charge is 2.72. The van der Waals surface area contributed by atoms with E-state index in [0.29, 0.717) is 18.6 Å². The molecule has 1 saturated carbocycles. The average molecular weight is 284 g/mol. The Morgan fingerprint density at radius 3 is 3.19 bits per heavy atom. The summed E-state index contributed by atoms with van der Waals surface area (Å²) in [5, 5.41) is 11.6. The van der Waals surface area contributed by atoms with Crippen molar-refractivity contribution < 1.29 is 14.6 Å². The summed E-state index contributed by atoms with van der Waals surface area (Å²) in [5.41, 5.74) is 0.906. The van der Waals surface area contributed by atoms with Gasteiger partial charge in [0, 0.05) is 24.1 Å². The Labute approximate surface area is 123 Å². The van der Waals surface area contributed by atoms with E-state index in [-0.39, 0.29) is 11.8 Å². The first-order valence-electron chi connectivity index (χ1n) is 7.74. The molecule has 2 heterocycles. The smallest absolute Gasteiger partial charge is 0.174 e. The van der Waals surface area contributed by atoms with Crippen LogP contribution in [0.3, 0.4) is 0 Å². The van der Waals surface area contributed by atoms with Crippen LogP contribution in [0, 0.1) is 6.07 Å². The molecule has 109 valence electrons. The maximum atomic E-state index is 12.5. The largest absolute Gasteiger partial charge is 0.481 e. The van der Waals surface area contributed by atoms with Crippen molar-refractivity contribution in [1.29, 1.82) is 0 Å². The van der Waals surface area contributed by atoms with E-state index >= 15 is 0 Å². The Morgan fingerprint density at radius 2 is 2.33 bits per heavy atom. The lowest BCUT2D eigenvalue weighted by Gasteiger charge is -2.62. The van der Waals surface area contributed by atoms with Crippen molar-refractivity contribution in [1.82, 2.24) is 4.90 Å². The number of piperidine rings is 1. The summed E-state index contributed by atoms with van der Waals surface area (Å²) in [6.07, 6.45) is 2.06. The number of likely N-dealkylation sites (tertiary alicyclic amines) is 1. The highest BCUT2D eigenvalue weighted by Crippen LogP contribution is 2.62. The number of rotatable bonds is 0. The molecule has 4 heteroatoms. The van der Waals surface area contributed by atoms with Gasteiger partial charge in [-0.3, -0.25) is 4.79 Å². The van der Waals surface area contributed by atoms with E-state index < -0.39 is 17.1 Å². The summed E-state index contributed by atoms with van der Waals surface area (Å²) in [6.45, 7) is 0.897. The minimum Gasteiger partial charge on any atom is -0.481 e. The maximum Gasteiger partial charge on any atom is 0.174 e. The molecule has 2 aliphatic carbocycles. The Morgan fingerprint density at radius 1 is 1.48 bits per heavy atom. The molecular formula is C17H18NO3. The third-order valence-electron chi connectivity index (χ3n) is 6.35. The number of likely N-dealkylation sites (N-methyl/N-ethyl adjacent to an activating group) is 1. The van der Waals surface area contributed by atoms with Crippen molar-refractivity contribution in [3.8, 4) is 5.75 Å². The van der Waals surface area contributed by atoms with Crippen molar-refractivity contribution in [3.05, 3.63) is 29.3 Å². The summed E-state index contributed by atoms with van der Waals surface area (Å²) >= 11 is 0. The van der Waals surface area contributed by atoms with Crippen molar-refractivity contribution in [2.24, 2.45) is 0 Å². The molecule has 5 rings (SSSR count). The van der Waals surface area contributed by atoms with Gasteiger partial charge in [0.05, 0.1) is 11.0 Å². The molecule has 2 fully saturated rings. The Hall–Kier alpha value is -1.39. The minimum atomic E-state index is -0.855. The van der Waals surface area contributed by atoms with Crippen molar-refractivity contribution in [3.63, 3.8) is 0 Å². The second kappa shape index (κ2) is 3.50. The Kier molecular flexibility index (Phi) is 2.03. The van der Waals surface area contributed by atoms with Crippen LogP contribution in [-0.4, -0.2) is 47.1 Å². The molecule has 2 bridgehead atoms. The maximum absolute atomic E-state index is 12.5. The third kappa shape index (κ3) is 1.12. The lowest BCUT2D eigenvalue weighted by Crippen LogP contribution is -2.76. The predicted octanol–water partition coefficient (Wildman–Crippen LogP) is 0.840. The van der Waals surface area contributed by atoms with Crippen LogP contribution in [0.5, 0.6) is 5.75 Å². The Balaban J connectivity index is 1.87. The highest BCUT2D eigenvalue weighted by molar-refractivity contribution is 5.89. The predicted molar refractivity (Wildman–Crippen MR) is 75.3 cm³/mol. The minimum absolute atomic E-state index is 0.0753. The van der Waals surface area contributed by atoms with Gasteiger partial charge in [-0.15, -0.1) is 0 Å². The van der Waals surface area contributed by atoms with E-state index in [1.807, 2.05) is 6.07 Å². The summed E-state index contributed by atoms with van der Waals surface area (Å²) in [5.74, 6) is 0.842. The zero-order valence-electron chi connectivity index (χ0n) is 12.1. The molecule has 21 heavy (non-hydrogen) atoms. The van der Waals surface area contributed by atoms with Gasteiger partial charge in [-0.05, 0) is 38.4 Å². The summed E-state index contributed by atoms with van der Waals surface area (Å²) in [6, 6.07) is 7.19. The molecule has 0 unspecified atom stereocenters. The van der Waals surface area contributed by atoms with Crippen LogP contribution < -0.4 is 4.74 Å². The van der Waals surface area contributed by atoms with Gasteiger partial charge in [0.25, 0.3) is 0 Å². The van der Waals surface area contributed by atoms with Crippen LogP contribution in [-0.2, 0) is 16.6 Å². The molecular weight excluding hydrogens is 266 g/mol. The molecule has 1 N–H and O–H groups in total. The van der Waals surface area contributed by atoms with Crippen LogP contribution in [0.25, 0.3) is 0 Å². The topological polar surface area (TPSA) is 49.8 Å². The monoisotopic (exact) mass is 284 g/mol. The van der Waals surface area contributed by atoms with Crippen LogP contribution >= 0.6 is 0 Å². The van der Waals surface area contributed by atoms with Gasteiger partial charge in [0.2, 0.25) is 0 Å². The number of ether oxygens (including phenoxy) is 1. The number of carbonyl (C=O) groups is 1. The first-order chi connectivity index (χ1) is 10.1. The molecule has 1 saturated heterocycles. The average Bonchev–Trinajstić information content (AvgIpc) is 2.81. The van der Waals surface area contributed by atoms with Gasteiger partial charge in [-0.1, -0.05) is 12.1 Å². The lowest BCUT2D eigenvalue weighted by molar-refractivity contribution is -0.185. The lowest BCUT2D eigenvalue weighted by atomic mass is 9.49. The van der Waals surface area contributed by atoms with Gasteiger partial charge in [0.1, 0.15) is 5.75 Å². The quantitative estimate of drug-likeness (QED) is 0.767. The van der Waals surface area contributed by atoms with Crippen LogP contribution in [0.2, 0.25) is 0 Å². The molecule has 1 radical (unpaired) electrons. The van der Waals surface area contributed by atoms with Crippen LogP contribution in [0.4, 0.5) is 0 Å². The van der Waals surface area contributed by atoms with Gasteiger partial charge in [0.15, 0.2) is 11.9 Å². The SMILES string of the molecule is CN1CC[C@@]23c4c5[c]ccc4C[C@@H]1[C@]2(O)CCC(=O)[C@@H]3O5. The van der Waals surface area contributed by atoms with E-state index in [2.05, 4.69) is 24.1 Å². The van der Waals surface area contributed by atoms with Crippen LogP contribution in [0.1, 0.15) is 30.4 Å². The fourth-order valence-electron chi connectivity index (χ4n) is 5.42. The number of nitrogens with zero attached hydrogens (tertiary/aromatic N) is 1. The van der Waals surface area contributed by atoms with Crippen molar-refractivity contribution in [2.75, 3.05) is 13.6 Å². The van der Waals surface area contributed by atoms with Crippen molar-refractivity contribution in [2.45, 2.75) is 48.8 Å². The summed E-state index contributed by atoms with van der Waals surface area (Å²) < 4.78 is 6.01. The summed E-state index contributed by atoms with van der Waals surface area (Å²) in [4.78, 5) is 14.7. The normalized spacial score (nSPS) is 43.4. The van der Waals surface area contributed by atoms with E-state index in [1.165, 1.54) is 5.56 Å². The number of Topliss-reactive ketones (excluding diaryl/α,β-unsaturated/α-hetero) is 1. The van der Waals surface area contributed by atoms with Crippen LogP contribution in [0.15, 0.2) is 12.1 Å². The number of hydrogen-bond acceptors (Lipinski definition) is 4. The number of hydrogen-bond donors (Lipinski definition) is 1. The fourth-order valence-corrected chi connectivity index (χ4v) is 5.42.